The number of carbonyl (C=O) groups excluding carboxylic acids is 1. The van der Waals surface area contributed by atoms with Crippen LogP contribution in [0.1, 0.15) is 36.2 Å². The Balaban J connectivity index is 1.69. The molecule has 0 aliphatic carbocycles. The fourth-order valence-electron chi connectivity index (χ4n) is 3.65. The number of nitrogen functional groups attached to an aromatic ring is 1. The van der Waals surface area contributed by atoms with Crippen molar-refractivity contribution >= 4 is 45.8 Å². The van der Waals surface area contributed by atoms with E-state index in [0.717, 1.165) is 11.3 Å². The zero-order chi connectivity index (χ0) is 24.9. The zero-order valence-corrected chi connectivity index (χ0v) is 20.5. The number of ether oxygens (including phenoxy) is 1. The van der Waals surface area contributed by atoms with E-state index in [2.05, 4.69) is 10.4 Å². The summed E-state index contributed by atoms with van der Waals surface area (Å²) in [5.41, 5.74) is 10.9. The molecular weight excluding hydrogens is 442 g/mol. The summed E-state index contributed by atoms with van der Waals surface area (Å²) in [7, 11) is 3.98. The van der Waals surface area contributed by atoms with Gasteiger partial charge >= 0.3 is 0 Å². The number of nitrogens with one attached hydrogen (secondary N) is 1. The lowest BCUT2D eigenvalue weighted by atomic mass is 10.2. The fraction of sp³-hybridized carbons (Fsp3) is 0.308. The van der Waals surface area contributed by atoms with Crippen molar-refractivity contribution < 1.29 is 9.53 Å². The van der Waals surface area contributed by atoms with Crippen LogP contribution in [0.4, 0.5) is 11.5 Å². The fourth-order valence-corrected chi connectivity index (χ4v) is 3.65. The van der Waals surface area contributed by atoms with Gasteiger partial charge in [0.1, 0.15) is 16.9 Å². The Morgan fingerprint density at radius 1 is 1.14 bits per heavy atom. The molecule has 0 aliphatic rings. The van der Waals surface area contributed by atoms with Crippen molar-refractivity contribution in [2.24, 2.45) is 5.10 Å². The number of carbonyl (C=O) groups is 1. The summed E-state index contributed by atoms with van der Waals surface area (Å²) in [4.78, 5) is 24.6. The largest absolute Gasteiger partial charge is 0.383 e. The SMILES string of the molecule is CC(C)OCCCNC(=O)c1c(N)n(/N=C/c2ccc(N(C)C)cc2)c2nc3ccccc3nc12. The Morgan fingerprint density at radius 2 is 1.83 bits per heavy atom. The highest BCUT2D eigenvalue weighted by molar-refractivity contribution is 6.10. The number of aromatic nitrogens is 3. The molecule has 1 amide bonds. The predicted octanol–water partition coefficient (Wildman–Crippen LogP) is 3.66. The van der Waals surface area contributed by atoms with Crippen molar-refractivity contribution in [1.82, 2.24) is 20.0 Å². The minimum atomic E-state index is -0.314. The number of rotatable bonds is 9. The average molecular weight is 474 g/mol. The molecule has 0 unspecified atom stereocenters. The number of nitrogens with zero attached hydrogens (tertiary/aromatic N) is 5. The highest BCUT2D eigenvalue weighted by Crippen LogP contribution is 2.27. The first kappa shape index (κ1) is 24.2. The lowest BCUT2D eigenvalue weighted by molar-refractivity contribution is 0.0757. The van der Waals surface area contributed by atoms with E-state index in [9.17, 15) is 4.79 Å². The van der Waals surface area contributed by atoms with Crippen LogP contribution >= 0.6 is 0 Å². The van der Waals surface area contributed by atoms with Gasteiger partial charge in [0.05, 0.1) is 23.4 Å². The number of nitrogens with two attached hydrogens (primary N) is 1. The molecule has 0 aliphatic heterocycles. The number of amides is 1. The van der Waals surface area contributed by atoms with E-state index in [4.69, 9.17) is 20.4 Å². The Morgan fingerprint density at radius 3 is 2.49 bits per heavy atom. The smallest absolute Gasteiger partial charge is 0.257 e. The van der Waals surface area contributed by atoms with Gasteiger partial charge in [-0.05, 0) is 50.1 Å². The molecular formula is C26H31N7O2. The molecule has 2 heterocycles. The molecule has 9 heteroatoms. The van der Waals surface area contributed by atoms with E-state index >= 15 is 0 Å². The summed E-state index contributed by atoms with van der Waals surface area (Å²) >= 11 is 0. The molecule has 0 radical (unpaired) electrons. The minimum absolute atomic E-state index is 0.153. The van der Waals surface area contributed by atoms with Crippen molar-refractivity contribution in [3.8, 4) is 0 Å². The van der Waals surface area contributed by atoms with Crippen molar-refractivity contribution in [3.63, 3.8) is 0 Å². The second kappa shape index (κ2) is 10.5. The molecule has 2 aromatic carbocycles. The van der Waals surface area contributed by atoms with Crippen LogP contribution in [-0.2, 0) is 4.74 Å². The average Bonchev–Trinajstić information content (AvgIpc) is 3.11. The van der Waals surface area contributed by atoms with Crippen LogP contribution in [0.15, 0.2) is 53.6 Å². The van der Waals surface area contributed by atoms with Gasteiger partial charge in [-0.1, -0.05) is 24.3 Å². The maximum Gasteiger partial charge on any atom is 0.257 e. The summed E-state index contributed by atoms with van der Waals surface area (Å²) in [6.45, 7) is 4.99. The first-order chi connectivity index (χ1) is 16.8. The minimum Gasteiger partial charge on any atom is -0.383 e. The zero-order valence-electron chi connectivity index (χ0n) is 20.5. The van der Waals surface area contributed by atoms with Gasteiger partial charge in [-0.3, -0.25) is 4.79 Å². The summed E-state index contributed by atoms with van der Waals surface area (Å²) in [6, 6.07) is 15.4. The van der Waals surface area contributed by atoms with E-state index in [1.165, 1.54) is 4.68 Å². The molecule has 0 bridgehead atoms. The second-order valence-electron chi connectivity index (χ2n) is 8.72. The van der Waals surface area contributed by atoms with Gasteiger partial charge in [-0.15, -0.1) is 0 Å². The standard InChI is InChI=1S/C26H31N7O2/c1-17(2)35-15-7-14-28-26(34)22-23-25(31-21-9-6-5-8-20(21)30-23)33(24(22)27)29-16-18-10-12-19(13-11-18)32(3)4/h5-6,8-13,16-17H,7,14-15,27H2,1-4H3,(H,28,34)/b29-16+. The predicted molar refractivity (Wildman–Crippen MR) is 141 cm³/mol. The second-order valence-corrected chi connectivity index (χ2v) is 8.72. The highest BCUT2D eigenvalue weighted by Gasteiger charge is 2.23. The van der Waals surface area contributed by atoms with Gasteiger partial charge in [-0.2, -0.15) is 9.78 Å². The maximum absolute atomic E-state index is 13.1. The van der Waals surface area contributed by atoms with E-state index in [1.54, 1.807) is 6.21 Å². The number of anilines is 2. The normalized spacial score (nSPS) is 11.7. The third kappa shape index (κ3) is 5.41. The Bertz CT molecular complexity index is 1360. The van der Waals surface area contributed by atoms with Crippen LogP contribution in [-0.4, -0.2) is 60.1 Å². The molecule has 0 saturated heterocycles. The topological polar surface area (TPSA) is 111 Å². The molecule has 9 nitrogen and oxygen atoms in total. The Labute approximate surface area is 204 Å². The summed E-state index contributed by atoms with van der Waals surface area (Å²) in [5.74, 6) is -0.127. The first-order valence-electron chi connectivity index (χ1n) is 11.6. The van der Waals surface area contributed by atoms with Crippen LogP contribution in [0, 0.1) is 0 Å². The molecule has 3 N–H and O–H groups in total. The van der Waals surface area contributed by atoms with E-state index in [-0.39, 0.29) is 23.4 Å². The van der Waals surface area contributed by atoms with Gasteiger partial charge in [0, 0.05) is 32.9 Å². The molecule has 4 aromatic rings. The summed E-state index contributed by atoms with van der Waals surface area (Å²) < 4.78 is 7.02. The van der Waals surface area contributed by atoms with Crippen LogP contribution in [0.3, 0.4) is 0 Å². The number of fused-ring (bicyclic) bond motifs is 2. The third-order valence-electron chi connectivity index (χ3n) is 5.49. The Kier molecular flexibility index (Phi) is 7.26. The molecule has 35 heavy (non-hydrogen) atoms. The summed E-state index contributed by atoms with van der Waals surface area (Å²) in [6.07, 6.45) is 2.54. The number of benzene rings is 2. The molecule has 0 spiro atoms. The van der Waals surface area contributed by atoms with Gasteiger partial charge in [-0.25, -0.2) is 9.97 Å². The van der Waals surface area contributed by atoms with Crippen LogP contribution < -0.4 is 16.0 Å². The maximum atomic E-state index is 13.1. The van der Waals surface area contributed by atoms with Crippen LogP contribution in [0.25, 0.3) is 22.2 Å². The number of hydrogen-bond donors (Lipinski definition) is 2. The van der Waals surface area contributed by atoms with Gasteiger partial charge in [0.15, 0.2) is 5.65 Å². The van der Waals surface area contributed by atoms with Gasteiger partial charge < -0.3 is 20.7 Å². The molecule has 0 saturated carbocycles. The van der Waals surface area contributed by atoms with Crippen molar-refractivity contribution in [2.45, 2.75) is 26.4 Å². The highest BCUT2D eigenvalue weighted by atomic mass is 16.5. The Hall–Kier alpha value is -3.98. The third-order valence-corrected chi connectivity index (χ3v) is 5.49. The number of hydrogen-bond acceptors (Lipinski definition) is 7. The lowest BCUT2D eigenvalue weighted by Crippen LogP contribution is -2.26. The van der Waals surface area contributed by atoms with Gasteiger partial charge in [0.25, 0.3) is 5.91 Å². The van der Waals surface area contributed by atoms with Gasteiger partial charge in [0.2, 0.25) is 0 Å². The van der Waals surface area contributed by atoms with Crippen LogP contribution in [0.2, 0.25) is 0 Å². The van der Waals surface area contributed by atoms with Crippen LogP contribution in [0.5, 0.6) is 0 Å². The molecule has 2 aromatic heterocycles. The quantitative estimate of drug-likeness (QED) is 0.284. The van der Waals surface area contributed by atoms with E-state index < -0.39 is 0 Å². The molecule has 182 valence electrons. The monoisotopic (exact) mass is 473 g/mol. The lowest BCUT2D eigenvalue weighted by Gasteiger charge is -2.11. The molecule has 0 fully saturated rings. The van der Waals surface area contributed by atoms with Crippen molar-refractivity contribution in [1.29, 1.82) is 0 Å². The molecule has 4 rings (SSSR count). The van der Waals surface area contributed by atoms with E-state index in [0.29, 0.717) is 41.8 Å². The van der Waals surface area contributed by atoms with Crippen molar-refractivity contribution in [2.75, 3.05) is 37.9 Å². The number of para-hydroxylation sites is 2. The summed E-state index contributed by atoms with van der Waals surface area (Å²) in [5, 5.41) is 7.49. The van der Waals surface area contributed by atoms with E-state index in [1.807, 2.05) is 81.4 Å². The van der Waals surface area contributed by atoms with Crippen molar-refractivity contribution in [3.05, 3.63) is 59.7 Å². The first-order valence-corrected chi connectivity index (χ1v) is 11.6. The molecule has 0 atom stereocenters.